The van der Waals surface area contributed by atoms with Crippen molar-refractivity contribution >= 4 is 40.6 Å². The highest BCUT2D eigenvalue weighted by molar-refractivity contribution is 9.10. The molecule has 0 saturated heterocycles. The van der Waals surface area contributed by atoms with E-state index in [9.17, 15) is 13.8 Å². The first kappa shape index (κ1) is 18.6. The second-order valence-corrected chi connectivity index (χ2v) is 8.50. The van der Waals surface area contributed by atoms with Crippen molar-refractivity contribution in [3.8, 4) is 0 Å². The lowest BCUT2D eigenvalue weighted by atomic mass is 10.3. The van der Waals surface area contributed by atoms with Crippen LogP contribution in [0.5, 0.6) is 0 Å². The van der Waals surface area contributed by atoms with Crippen molar-refractivity contribution in [1.29, 1.82) is 0 Å². The fourth-order valence-corrected chi connectivity index (χ4v) is 2.87. The second-order valence-electron chi connectivity index (χ2n) is 4.87. The molecule has 1 aromatic heterocycles. The number of anilines is 1. The molecule has 1 aromatic carbocycles. The van der Waals surface area contributed by atoms with E-state index in [-0.39, 0.29) is 40.7 Å². The van der Waals surface area contributed by atoms with E-state index in [2.05, 4.69) is 41.2 Å². The monoisotopic (exact) mass is 419 g/mol. The molecule has 0 spiro atoms. The van der Waals surface area contributed by atoms with Gasteiger partial charge in [0.1, 0.15) is 5.82 Å². The van der Waals surface area contributed by atoms with Crippen LogP contribution in [0, 0.1) is 5.82 Å². The van der Waals surface area contributed by atoms with E-state index in [1.54, 1.807) is 6.92 Å². The van der Waals surface area contributed by atoms with Gasteiger partial charge in [-0.15, -0.1) is 0 Å². The third-order valence-corrected chi connectivity index (χ3v) is 5.65. The maximum Gasteiger partial charge on any atom is 0.202 e. The summed E-state index contributed by atoms with van der Waals surface area (Å²) in [5, 5.41) is 10.2. The van der Waals surface area contributed by atoms with E-state index in [1.165, 1.54) is 18.2 Å². The Bertz CT molecular complexity index is 798. The number of aromatic nitrogens is 2. The number of amidine groups is 1. The van der Waals surface area contributed by atoms with Crippen LogP contribution in [-0.2, 0) is 4.57 Å². The quantitative estimate of drug-likeness (QED) is 0.357. The Kier molecular flexibility index (Phi) is 6.09. The highest BCUT2D eigenvalue weighted by Gasteiger charge is 2.17. The number of nitrogens with zero attached hydrogens (tertiary/aromatic N) is 3. The zero-order valence-corrected chi connectivity index (χ0v) is 15.2. The smallest absolute Gasteiger partial charge is 0.202 e. The largest absolute Gasteiger partial charge is 0.382 e. The number of aliphatic imine (C=N–C) groups is 1. The topological polar surface area (TPSA) is 127 Å². The van der Waals surface area contributed by atoms with Gasteiger partial charge in [-0.3, -0.25) is 4.57 Å². The van der Waals surface area contributed by atoms with Crippen LogP contribution in [0.4, 0.5) is 15.9 Å². The van der Waals surface area contributed by atoms with Gasteiger partial charge in [-0.25, -0.2) is 14.0 Å². The molecule has 130 valence electrons. The van der Waals surface area contributed by atoms with Gasteiger partial charge in [-0.1, -0.05) is 6.92 Å². The SMILES string of the molecule is CCP(=O)(O)CCNc1nonc1C(N)=Nc1ccc(F)c(Br)c1. The third kappa shape index (κ3) is 4.86. The molecule has 0 radical (unpaired) electrons. The molecule has 0 fully saturated rings. The molecule has 4 N–H and O–H groups in total. The number of nitrogens with two attached hydrogens (primary N) is 1. The van der Waals surface area contributed by atoms with Crippen molar-refractivity contribution in [2.24, 2.45) is 10.7 Å². The number of rotatable bonds is 7. The average molecular weight is 420 g/mol. The summed E-state index contributed by atoms with van der Waals surface area (Å²) in [5.41, 5.74) is 6.46. The average Bonchev–Trinajstić information content (AvgIpc) is 2.99. The maximum atomic E-state index is 13.2. The van der Waals surface area contributed by atoms with Gasteiger partial charge < -0.3 is 15.9 Å². The lowest BCUT2D eigenvalue weighted by molar-refractivity contribution is 0.308. The van der Waals surface area contributed by atoms with Crippen molar-refractivity contribution < 1.29 is 18.5 Å². The Morgan fingerprint density at radius 2 is 2.29 bits per heavy atom. The summed E-state index contributed by atoms with van der Waals surface area (Å²) < 4.78 is 29.7. The van der Waals surface area contributed by atoms with Crippen LogP contribution in [0.25, 0.3) is 0 Å². The first-order valence-corrected chi connectivity index (χ1v) is 9.81. The van der Waals surface area contributed by atoms with E-state index in [4.69, 9.17) is 5.73 Å². The van der Waals surface area contributed by atoms with Crippen molar-refractivity contribution in [3.05, 3.63) is 34.2 Å². The summed E-state index contributed by atoms with van der Waals surface area (Å²) in [6.45, 7) is 1.85. The van der Waals surface area contributed by atoms with Crippen LogP contribution in [-0.4, -0.2) is 39.9 Å². The molecule has 0 saturated carbocycles. The molecule has 0 aliphatic rings. The first-order valence-electron chi connectivity index (χ1n) is 6.99. The number of halogens is 2. The van der Waals surface area contributed by atoms with Gasteiger partial charge in [0.05, 0.1) is 10.2 Å². The molecular weight excluding hydrogens is 404 g/mol. The zero-order valence-electron chi connectivity index (χ0n) is 12.7. The Labute approximate surface area is 145 Å². The van der Waals surface area contributed by atoms with Gasteiger partial charge in [-0.05, 0) is 44.4 Å². The lowest BCUT2D eigenvalue weighted by Gasteiger charge is -2.09. The molecule has 2 rings (SSSR count). The van der Waals surface area contributed by atoms with Gasteiger partial charge in [0, 0.05) is 18.9 Å². The fourth-order valence-electron chi connectivity index (χ4n) is 1.73. The fraction of sp³-hybridized carbons (Fsp3) is 0.308. The van der Waals surface area contributed by atoms with Gasteiger partial charge in [0.15, 0.2) is 11.5 Å². The minimum atomic E-state index is -3.14. The molecule has 0 aliphatic carbocycles. The molecule has 2 aromatic rings. The predicted molar refractivity (Wildman–Crippen MR) is 92.5 cm³/mol. The van der Waals surface area contributed by atoms with E-state index in [0.717, 1.165) is 0 Å². The number of benzene rings is 1. The molecule has 0 aliphatic heterocycles. The Morgan fingerprint density at radius 1 is 1.54 bits per heavy atom. The van der Waals surface area contributed by atoms with Crippen LogP contribution in [0.3, 0.4) is 0 Å². The molecule has 8 nitrogen and oxygen atoms in total. The molecule has 0 bridgehead atoms. The van der Waals surface area contributed by atoms with Crippen LogP contribution in [0.2, 0.25) is 0 Å². The third-order valence-electron chi connectivity index (χ3n) is 3.13. The van der Waals surface area contributed by atoms with Crippen LogP contribution in [0.1, 0.15) is 12.6 Å². The summed E-state index contributed by atoms with van der Waals surface area (Å²) in [5.74, 6) is -0.184. The predicted octanol–water partition coefficient (Wildman–Crippen LogP) is 2.71. The maximum absolute atomic E-state index is 13.2. The highest BCUT2D eigenvalue weighted by Crippen LogP contribution is 2.38. The van der Waals surface area contributed by atoms with E-state index < -0.39 is 13.2 Å². The molecule has 11 heteroatoms. The van der Waals surface area contributed by atoms with E-state index in [1.807, 2.05) is 0 Å². The van der Waals surface area contributed by atoms with Gasteiger partial charge in [-0.2, -0.15) is 0 Å². The minimum Gasteiger partial charge on any atom is -0.382 e. The van der Waals surface area contributed by atoms with Crippen molar-refractivity contribution in [3.63, 3.8) is 0 Å². The molecule has 1 atom stereocenters. The van der Waals surface area contributed by atoms with Crippen molar-refractivity contribution in [2.45, 2.75) is 6.92 Å². The Balaban J connectivity index is 2.12. The summed E-state index contributed by atoms with van der Waals surface area (Å²) >= 11 is 3.06. The van der Waals surface area contributed by atoms with Gasteiger partial charge in [0.25, 0.3) is 0 Å². The highest BCUT2D eigenvalue weighted by atomic mass is 79.9. The Hall–Kier alpha value is -1.77. The zero-order chi connectivity index (χ0) is 17.7. The summed E-state index contributed by atoms with van der Waals surface area (Å²) in [6.07, 6.45) is 0.277. The van der Waals surface area contributed by atoms with E-state index >= 15 is 0 Å². The van der Waals surface area contributed by atoms with Gasteiger partial charge >= 0.3 is 0 Å². The lowest BCUT2D eigenvalue weighted by Crippen LogP contribution is -2.17. The van der Waals surface area contributed by atoms with Crippen molar-refractivity contribution in [2.75, 3.05) is 24.2 Å². The summed E-state index contributed by atoms with van der Waals surface area (Å²) in [4.78, 5) is 13.7. The molecule has 1 unspecified atom stereocenters. The Morgan fingerprint density at radius 3 is 2.96 bits per heavy atom. The van der Waals surface area contributed by atoms with E-state index in [0.29, 0.717) is 5.69 Å². The van der Waals surface area contributed by atoms with Crippen molar-refractivity contribution in [1.82, 2.24) is 10.3 Å². The summed E-state index contributed by atoms with van der Waals surface area (Å²) in [6, 6.07) is 4.17. The number of hydrogen-bond donors (Lipinski definition) is 3. The molecule has 24 heavy (non-hydrogen) atoms. The molecular formula is C13H16BrFN5O3P. The molecule has 0 amide bonds. The standard InChI is InChI=1S/C13H16BrFN5O3P/c1-2-24(21,22)6-5-17-13-11(19-23-20-13)12(16)18-8-3-4-10(15)9(14)7-8/h3-4,7H,2,5-6H2,1H3,(H2,16,18)(H,17,20)(H,21,22). The normalized spacial score (nSPS) is 14.4. The number of nitrogens with one attached hydrogen (secondary N) is 1. The number of hydrogen-bond acceptors (Lipinski definition) is 6. The van der Waals surface area contributed by atoms with Crippen LogP contribution < -0.4 is 11.1 Å². The van der Waals surface area contributed by atoms with Gasteiger partial charge in [0.2, 0.25) is 13.2 Å². The van der Waals surface area contributed by atoms with Crippen LogP contribution in [0.15, 0.2) is 32.3 Å². The summed E-state index contributed by atoms with van der Waals surface area (Å²) in [7, 11) is -3.14. The van der Waals surface area contributed by atoms with Crippen LogP contribution >= 0.6 is 23.3 Å². The first-order chi connectivity index (χ1) is 11.3. The molecule has 1 heterocycles. The minimum absolute atomic E-state index is 0.0138. The second kappa shape index (κ2) is 7.87.